The van der Waals surface area contributed by atoms with Crippen LogP contribution in [-0.4, -0.2) is 19.9 Å². The molecule has 0 saturated heterocycles. The minimum absolute atomic E-state index is 0.247. The Morgan fingerprint density at radius 3 is 2.68 bits per heavy atom. The molecule has 0 radical (unpaired) electrons. The molecule has 0 spiro atoms. The molecule has 1 N–H and O–H groups in total. The van der Waals surface area contributed by atoms with E-state index < -0.39 is 11.4 Å². The van der Waals surface area contributed by atoms with E-state index in [1.54, 1.807) is 18.7 Å². The van der Waals surface area contributed by atoms with Crippen molar-refractivity contribution in [2.24, 2.45) is 7.05 Å². The molecular formula is C13H15ClFN3O. The second-order valence-corrected chi connectivity index (χ2v) is 5.18. The van der Waals surface area contributed by atoms with E-state index >= 15 is 0 Å². The third-order valence-electron chi connectivity index (χ3n) is 3.12. The zero-order chi connectivity index (χ0) is 14.2. The first-order chi connectivity index (χ1) is 8.81. The highest BCUT2D eigenvalue weighted by Gasteiger charge is 2.28. The van der Waals surface area contributed by atoms with Gasteiger partial charge in [0.05, 0.1) is 17.5 Å². The number of hydrogen-bond acceptors (Lipinski definition) is 3. The Morgan fingerprint density at radius 2 is 2.16 bits per heavy atom. The van der Waals surface area contributed by atoms with Crippen LogP contribution in [-0.2, 0) is 19.1 Å². The molecule has 102 valence electrons. The van der Waals surface area contributed by atoms with Crippen molar-refractivity contribution in [1.82, 2.24) is 14.8 Å². The fraction of sp³-hybridized carbons (Fsp3) is 0.385. The van der Waals surface area contributed by atoms with Crippen molar-refractivity contribution in [1.29, 1.82) is 0 Å². The maximum Gasteiger partial charge on any atom is 0.141 e. The van der Waals surface area contributed by atoms with Crippen molar-refractivity contribution in [2.45, 2.75) is 25.9 Å². The van der Waals surface area contributed by atoms with Gasteiger partial charge in [0, 0.05) is 30.8 Å². The van der Waals surface area contributed by atoms with E-state index in [-0.39, 0.29) is 6.42 Å². The van der Waals surface area contributed by atoms with Crippen LogP contribution in [0.15, 0.2) is 18.5 Å². The lowest BCUT2D eigenvalue weighted by atomic mass is 9.90. The van der Waals surface area contributed by atoms with Crippen LogP contribution in [0.4, 0.5) is 4.39 Å². The maximum atomic E-state index is 13.2. The minimum Gasteiger partial charge on any atom is -0.385 e. The van der Waals surface area contributed by atoms with Gasteiger partial charge < -0.3 is 5.11 Å². The van der Waals surface area contributed by atoms with Gasteiger partial charge in [-0.05, 0) is 19.9 Å². The number of pyridine rings is 1. The molecule has 2 aromatic rings. The monoisotopic (exact) mass is 283 g/mol. The summed E-state index contributed by atoms with van der Waals surface area (Å²) >= 11 is 6.14. The van der Waals surface area contributed by atoms with Gasteiger partial charge in [-0.25, -0.2) is 4.39 Å². The predicted octanol–water partition coefficient (Wildman–Crippen LogP) is 2.37. The van der Waals surface area contributed by atoms with Crippen LogP contribution in [0.25, 0.3) is 0 Å². The number of nitrogens with zero attached hydrogens (tertiary/aromatic N) is 3. The van der Waals surface area contributed by atoms with Crippen LogP contribution in [0.1, 0.15) is 23.7 Å². The van der Waals surface area contributed by atoms with Crippen molar-refractivity contribution in [2.75, 3.05) is 0 Å². The summed E-state index contributed by atoms with van der Waals surface area (Å²) in [6.07, 6.45) is 2.79. The molecule has 4 nitrogen and oxygen atoms in total. The topological polar surface area (TPSA) is 50.9 Å². The summed E-state index contributed by atoms with van der Waals surface area (Å²) in [6.45, 7) is 3.42. The number of aryl methyl sites for hydroxylation is 2. The molecule has 2 rings (SSSR count). The zero-order valence-corrected chi connectivity index (χ0v) is 11.7. The van der Waals surface area contributed by atoms with Gasteiger partial charge >= 0.3 is 0 Å². The molecule has 2 heterocycles. The van der Waals surface area contributed by atoms with Gasteiger partial charge in [0.1, 0.15) is 11.0 Å². The number of halogens is 2. The fourth-order valence-corrected chi connectivity index (χ4v) is 2.27. The molecule has 19 heavy (non-hydrogen) atoms. The first-order valence-corrected chi connectivity index (χ1v) is 6.20. The first kappa shape index (κ1) is 14.0. The normalized spacial score (nSPS) is 14.4. The highest BCUT2D eigenvalue weighted by molar-refractivity contribution is 6.30. The van der Waals surface area contributed by atoms with Crippen molar-refractivity contribution in [3.63, 3.8) is 0 Å². The summed E-state index contributed by atoms with van der Waals surface area (Å²) in [7, 11) is 1.73. The average Bonchev–Trinajstić information content (AvgIpc) is 2.56. The van der Waals surface area contributed by atoms with Crippen LogP contribution in [0.5, 0.6) is 0 Å². The van der Waals surface area contributed by atoms with E-state index in [4.69, 9.17) is 11.6 Å². The SMILES string of the molecule is Cc1nn(C)c(Cl)c1CC(C)(O)c1cncc(F)c1. The molecule has 6 heteroatoms. The molecule has 0 fully saturated rings. The molecule has 1 atom stereocenters. The highest BCUT2D eigenvalue weighted by Crippen LogP contribution is 2.30. The van der Waals surface area contributed by atoms with Crippen molar-refractivity contribution in [3.05, 3.63) is 46.3 Å². The van der Waals surface area contributed by atoms with Gasteiger partial charge in [-0.3, -0.25) is 9.67 Å². The molecule has 0 saturated carbocycles. The Labute approximate surface area is 115 Å². The summed E-state index contributed by atoms with van der Waals surface area (Å²) < 4.78 is 14.7. The third-order valence-corrected chi connectivity index (χ3v) is 3.59. The second-order valence-electron chi connectivity index (χ2n) is 4.82. The quantitative estimate of drug-likeness (QED) is 0.941. The number of aromatic nitrogens is 3. The van der Waals surface area contributed by atoms with E-state index in [1.165, 1.54) is 12.3 Å². The van der Waals surface area contributed by atoms with Gasteiger partial charge in [0.2, 0.25) is 0 Å². The van der Waals surface area contributed by atoms with E-state index in [9.17, 15) is 9.50 Å². The summed E-state index contributed by atoms with van der Waals surface area (Å²) in [5.41, 5.74) is 0.648. The van der Waals surface area contributed by atoms with Gasteiger partial charge in [0.15, 0.2) is 0 Å². The van der Waals surface area contributed by atoms with Crippen LogP contribution in [0.2, 0.25) is 5.15 Å². The number of rotatable bonds is 3. The second kappa shape index (κ2) is 4.90. The Hall–Kier alpha value is -1.46. The van der Waals surface area contributed by atoms with Crippen LogP contribution in [0, 0.1) is 12.7 Å². The Kier molecular flexibility index (Phi) is 3.60. The maximum absolute atomic E-state index is 13.2. The molecule has 1 unspecified atom stereocenters. The first-order valence-electron chi connectivity index (χ1n) is 5.82. The van der Waals surface area contributed by atoms with Gasteiger partial charge in [-0.2, -0.15) is 5.10 Å². The summed E-state index contributed by atoms with van der Waals surface area (Å²) in [5, 5.41) is 15.2. The van der Waals surface area contributed by atoms with Crippen LogP contribution < -0.4 is 0 Å². The third kappa shape index (κ3) is 2.77. The van der Waals surface area contributed by atoms with Gasteiger partial charge in [-0.15, -0.1) is 0 Å². The molecule has 0 bridgehead atoms. The standard InChI is InChI=1S/C13H15ClFN3O/c1-8-11(12(14)18(3)17-8)5-13(2,19)9-4-10(15)7-16-6-9/h4,6-7,19H,5H2,1-3H3. The zero-order valence-electron chi connectivity index (χ0n) is 11.0. The Bertz CT molecular complexity index is 610. The molecule has 0 amide bonds. The van der Waals surface area contributed by atoms with E-state index in [0.29, 0.717) is 10.7 Å². The summed E-state index contributed by atoms with van der Waals surface area (Å²) in [6, 6.07) is 1.27. The lowest BCUT2D eigenvalue weighted by Gasteiger charge is -2.23. The summed E-state index contributed by atoms with van der Waals surface area (Å²) in [4.78, 5) is 3.75. The van der Waals surface area contributed by atoms with Crippen LogP contribution in [0.3, 0.4) is 0 Å². The number of hydrogen-bond donors (Lipinski definition) is 1. The fourth-order valence-electron chi connectivity index (χ4n) is 2.03. The number of aliphatic hydroxyl groups is 1. The van der Waals surface area contributed by atoms with E-state index in [0.717, 1.165) is 17.5 Å². The molecule has 0 aliphatic heterocycles. The Morgan fingerprint density at radius 1 is 1.47 bits per heavy atom. The van der Waals surface area contributed by atoms with E-state index in [2.05, 4.69) is 10.1 Å². The van der Waals surface area contributed by atoms with E-state index in [1.807, 2.05) is 6.92 Å². The highest BCUT2D eigenvalue weighted by atomic mass is 35.5. The van der Waals surface area contributed by atoms with Gasteiger partial charge in [0.25, 0.3) is 0 Å². The Balaban J connectivity index is 2.36. The predicted molar refractivity (Wildman–Crippen MR) is 70.4 cm³/mol. The molecule has 0 aliphatic rings. The van der Waals surface area contributed by atoms with Gasteiger partial charge in [-0.1, -0.05) is 11.6 Å². The molecule has 0 aliphatic carbocycles. The van der Waals surface area contributed by atoms with Crippen molar-refractivity contribution in [3.8, 4) is 0 Å². The minimum atomic E-state index is -1.26. The largest absolute Gasteiger partial charge is 0.385 e. The van der Waals surface area contributed by atoms with Crippen LogP contribution >= 0.6 is 11.6 Å². The molecule has 2 aromatic heterocycles. The smallest absolute Gasteiger partial charge is 0.141 e. The molecular weight excluding hydrogens is 269 g/mol. The average molecular weight is 284 g/mol. The summed E-state index contributed by atoms with van der Waals surface area (Å²) in [5.74, 6) is -0.480. The lowest BCUT2D eigenvalue weighted by molar-refractivity contribution is 0.0567. The molecule has 0 aromatic carbocycles. The van der Waals surface area contributed by atoms with Crippen molar-refractivity contribution >= 4 is 11.6 Å². The van der Waals surface area contributed by atoms with Crippen molar-refractivity contribution < 1.29 is 9.50 Å². The lowest BCUT2D eigenvalue weighted by Crippen LogP contribution is -2.25.